The molecule has 0 unspecified atom stereocenters. The van der Waals surface area contributed by atoms with Crippen LogP contribution < -0.4 is 4.74 Å². The number of thiophene rings is 1. The highest BCUT2D eigenvalue weighted by atomic mass is 32.1. The number of rotatable bonds is 11. The molecule has 5 nitrogen and oxygen atoms in total. The first-order valence-electron chi connectivity index (χ1n) is 11.5. The summed E-state index contributed by atoms with van der Waals surface area (Å²) in [6.45, 7) is 12.4. The minimum Gasteiger partial charge on any atom is -0.491 e. The molecule has 1 aliphatic heterocycles. The van der Waals surface area contributed by atoms with E-state index < -0.39 is 6.10 Å². The molecule has 0 saturated heterocycles. The highest BCUT2D eigenvalue weighted by molar-refractivity contribution is 7.10. The third kappa shape index (κ3) is 6.21. The fourth-order valence-electron chi connectivity index (χ4n) is 4.40. The largest absolute Gasteiger partial charge is 0.491 e. The van der Waals surface area contributed by atoms with E-state index in [1.165, 1.54) is 16.0 Å². The summed E-state index contributed by atoms with van der Waals surface area (Å²) in [6, 6.07) is 8.20. The molecule has 32 heavy (non-hydrogen) atoms. The third-order valence-corrected chi connectivity index (χ3v) is 6.98. The quantitative estimate of drug-likeness (QED) is 0.505. The summed E-state index contributed by atoms with van der Waals surface area (Å²) >= 11 is 1.76. The van der Waals surface area contributed by atoms with Crippen molar-refractivity contribution in [2.75, 3.05) is 32.8 Å². The van der Waals surface area contributed by atoms with E-state index in [9.17, 15) is 9.90 Å². The Morgan fingerprint density at radius 1 is 1.41 bits per heavy atom. The van der Waals surface area contributed by atoms with Gasteiger partial charge in [0, 0.05) is 24.5 Å². The van der Waals surface area contributed by atoms with Crippen LogP contribution in [-0.4, -0.2) is 59.7 Å². The number of ether oxygens (including phenoxy) is 1. The summed E-state index contributed by atoms with van der Waals surface area (Å²) in [5, 5.41) is 12.4. The van der Waals surface area contributed by atoms with Gasteiger partial charge >= 0.3 is 0 Å². The molecule has 2 atom stereocenters. The number of fused-ring (bicyclic) bond motifs is 1. The van der Waals surface area contributed by atoms with Crippen LogP contribution in [-0.2, 0) is 11.2 Å². The molecule has 1 aliphatic rings. The molecular weight excluding hydrogens is 420 g/mol. The first kappa shape index (κ1) is 24.5. The molecule has 2 aromatic rings. The number of hydrogen-bond acceptors (Lipinski definition) is 5. The zero-order valence-electron chi connectivity index (χ0n) is 19.5. The van der Waals surface area contributed by atoms with Gasteiger partial charge in [0.25, 0.3) is 0 Å². The minimum absolute atomic E-state index is 0.0710. The number of hydrogen-bond donors (Lipinski definition) is 1. The van der Waals surface area contributed by atoms with Crippen molar-refractivity contribution in [1.29, 1.82) is 0 Å². The number of nitrogens with zero attached hydrogens (tertiary/aromatic N) is 2. The molecule has 0 aliphatic carbocycles. The monoisotopic (exact) mass is 456 g/mol. The van der Waals surface area contributed by atoms with E-state index in [1.54, 1.807) is 17.4 Å². The lowest BCUT2D eigenvalue weighted by Crippen LogP contribution is -2.47. The van der Waals surface area contributed by atoms with Crippen molar-refractivity contribution < 1.29 is 14.6 Å². The predicted octanol–water partition coefficient (Wildman–Crippen LogP) is 4.52. The van der Waals surface area contributed by atoms with Crippen molar-refractivity contribution in [1.82, 2.24) is 9.80 Å². The second-order valence-corrected chi connectivity index (χ2v) is 9.66. The van der Waals surface area contributed by atoms with E-state index in [1.807, 2.05) is 15.9 Å². The molecular formula is C26H36N2O3S. The Bertz CT molecular complexity index is 910. The van der Waals surface area contributed by atoms with Gasteiger partial charge in [0.05, 0.1) is 18.7 Å². The maximum atomic E-state index is 13.4. The summed E-state index contributed by atoms with van der Waals surface area (Å²) in [7, 11) is 0. The van der Waals surface area contributed by atoms with Crippen LogP contribution >= 0.6 is 11.3 Å². The van der Waals surface area contributed by atoms with Gasteiger partial charge in [0.2, 0.25) is 5.91 Å². The fourth-order valence-corrected chi connectivity index (χ4v) is 5.32. The Balaban J connectivity index is 1.74. The van der Waals surface area contributed by atoms with E-state index in [-0.39, 0.29) is 18.5 Å². The molecule has 6 heteroatoms. The lowest BCUT2D eigenvalue weighted by Gasteiger charge is -2.37. The second-order valence-electron chi connectivity index (χ2n) is 8.66. The van der Waals surface area contributed by atoms with Gasteiger partial charge < -0.3 is 14.7 Å². The third-order valence-electron chi connectivity index (χ3n) is 5.98. The van der Waals surface area contributed by atoms with Crippen LogP contribution in [0.5, 0.6) is 5.75 Å². The topological polar surface area (TPSA) is 53.0 Å². The molecule has 1 aromatic heterocycles. The van der Waals surface area contributed by atoms with Crippen LogP contribution in [0.25, 0.3) is 0 Å². The molecule has 1 amide bonds. The highest BCUT2D eigenvalue weighted by Gasteiger charge is 2.33. The molecule has 0 radical (unpaired) electrons. The molecule has 2 heterocycles. The molecule has 1 N–H and O–H groups in total. The van der Waals surface area contributed by atoms with Gasteiger partial charge in [-0.15, -0.1) is 17.9 Å². The summed E-state index contributed by atoms with van der Waals surface area (Å²) in [5.74, 6) is 0.933. The van der Waals surface area contributed by atoms with E-state index in [0.29, 0.717) is 26.2 Å². The molecule has 3 rings (SSSR count). The predicted molar refractivity (Wildman–Crippen MR) is 131 cm³/mol. The summed E-state index contributed by atoms with van der Waals surface area (Å²) in [6.07, 6.45) is 3.89. The lowest BCUT2D eigenvalue weighted by molar-refractivity contribution is -0.136. The van der Waals surface area contributed by atoms with Crippen LogP contribution in [0, 0.1) is 13.8 Å². The first-order valence-corrected chi connectivity index (χ1v) is 12.4. The smallest absolute Gasteiger partial charge is 0.237 e. The fraction of sp³-hybridized carbons (Fsp3) is 0.500. The highest BCUT2D eigenvalue weighted by Crippen LogP contribution is 2.34. The van der Waals surface area contributed by atoms with Crippen LogP contribution in [0.1, 0.15) is 47.4 Å². The van der Waals surface area contributed by atoms with Gasteiger partial charge in [-0.05, 0) is 55.3 Å². The number of aliphatic hydroxyl groups is 1. The lowest BCUT2D eigenvalue weighted by atomic mass is 10.00. The van der Waals surface area contributed by atoms with Crippen molar-refractivity contribution in [3.05, 3.63) is 63.9 Å². The standard InChI is InChI=1S/C26H36N2O3S/c1-5-7-21(29)16-27(12-6-2)17-26(30)28-13-10-25-22(11-14-32-25)23(28)18-31-24-9-8-19(3)15-20(24)4/h6,8-9,11,14-15,21,23,29H,2,5,7,10,12-13,16-18H2,1,3-4H3/t21-,23-/m1/s1. The van der Waals surface area contributed by atoms with Gasteiger partial charge in [-0.2, -0.15) is 0 Å². The van der Waals surface area contributed by atoms with Crippen molar-refractivity contribution in [3.63, 3.8) is 0 Å². The number of carbonyl (C=O) groups excluding carboxylic acids is 1. The summed E-state index contributed by atoms with van der Waals surface area (Å²) in [4.78, 5) is 18.7. The van der Waals surface area contributed by atoms with Crippen molar-refractivity contribution in [2.24, 2.45) is 0 Å². The number of amides is 1. The Hall–Kier alpha value is -2.15. The number of aryl methyl sites for hydroxylation is 2. The van der Waals surface area contributed by atoms with Crippen LogP contribution in [0.2, 0.25) is 0 Å². The van der Waals surface area contributed by atoms with Gasteiger partial charge in [0.15, 0.2) is 0 Å². The molecule has 174 valence electrons. The van der Waals surface area contributed by atoms with Crippen LogP contribution in [0.3, 0.4) is 0 Å². The molecule has 0 fully saturated rings. The summed E-state index contributed by atoms with van der Waals surface area (Å²) in [5.41, 5.74) is 3.50. The first-order chi connectivity index (χ1) is 15.4. The molecule has 0 spiro atoms. The summed E-state index contributed by atoms with van der Waals surface area (Å²) < 4.78 is 6.23. The molecule has 0 saturated carbocycles. The minimum atomic E-state index is -0.429. The van der Waals surface area contributed by atoms with Gasteiger partial charge in [0.1, 0.15) is 12.4 Å². The molecule has 0 bridgehead atoms. The van der Waals surface area contributed by atoms with Gasteiger partial charge in [-0.25, -0.2) is 0 Å². The van der Waals surface area contributed by atoms with E-state index >= 15 is 0 Å². The Morgan fingerprint density at radius 2 is 2.22 bits per heavy atom. The van der Waals surface area contributed by atoms with Gasteiger partial charge in [-0.3, -0.25) is 9.69 Å². The zero-order valence-corrected chi connectivity index (χ0v) is 20.4. The number of carbonyl (C=O) groups is 1. The maximum Gasteiger partial charge on any atom is 0.237 e. The van der Waals surface area contributed by atoms with Crippen molar-refractivity contribution in [3.8, 4) is 5.75 Å². The molecule has 1 aromatic carbocycles. The second kappa shape index (κ2) is 11.6. The maximum absolute atomic E-state index is 13.4. The SMILES string of the molecule is C=CCN(CC(=O)N1CCc2sccc2[C@H]1COc1ccc(C)cc1C)C[C@H](O)CCC. The van der Waals surface area contributed by atoms with Crippen molar-refractivity contribution in [2.45, 2.75) is 52.2 Å². The van der Waals surface area contributed by atoms with Crippen LogP contribution in [0.4, 0.5) is 0 Å². The Kier molecular flexibility index (Phi) is 8.91. The number of benzene rings is 1. The zero-order chi connectivity index (χ0) is 23.1. The Labute approximate surface area is 196 Å². The van der Waals surface area contributed by atoms with E-state index in [0.717, 1.165) is 30.6 Å². The van der Waals surface area contributed by atoms with E-state index in [2.05, 4.69) is 50.9 Å². The average Bonchev–Trinajstić information content (AvgIpc) is 3.22. The number of aliphatic hydroxyl groups excluding tert-OH is 1. The normalized spacial score (nSPS) is 16.7. The van der Waals surface area contributed by atoms with Crippen molar-refractivity contribution >= 4 is 17.2 Å². The Morgan fingerprint density at radius 3 is 2.94 bits per heavy atom. The van der Waals surface area contributed by atoms with Gasteiger partial charge in [-0.1, -0.05) is 37.1 Å². The average molecular weight is 457 g/mol. The van der Waals surface area contributed by atoms with Crippen LogP contribution in [0.15, 0.2) is 42.3 Å². The van der Waals surface area contributed by atoms with E-state index in [4.69, 9.17) is 4.74 Å².